The lowest BCUT2D eigenvalue weighted by Crippen LogP contribution is -2.57. The van der Waals surface area contributed by atoms with Gasteiger partial charge in [0, 0.05) is 19.6 Å². The number of carboxylic acids is 1. The molecule has 0 saturated heterocycles. The number of likely N-dealkylation sites (N-methyl/N-ethyl adjacent to an activating group) is 1. The Morgan fingerprint density at radius 2 is 1.19 bits per heavy atom. The number of benzene rings is 2. The lowest BCUT2D eigenvalue weighted by molar-refractivity contribution is -0.151. The molecule has 4 unspecified atom stereocenters. The molecule has 4 atom stereocenters. The van der Waals surface area contributed by atoms with Gasteiger partial charge in [0.05, 0.1) is 31.8 Å². The number of amides is 2. The van der Waals surface area contributed by atoms with Crippen LogP contribution < -0.4 is 11.5 Å². The van der Waals surface area contributed by atoms with Crippen LogP contribution in [-0.4, -0.2) is 94.9 Å². The molecule has 5 N–H and O–H groups in total. The second-order valence-electron chi connectivity index (χ2n) is 10.3. The molecule has 232 valence electrons. The van der Waals surface area contributed by atoms with Gasteiger partial charge in [-0.05, 0) is 37.9 Å². The number of hydrogen-bond acceptors (Lipinski definition) is 8. The van der Waals surface area contributed by atoms with Crippen molar-refractivity contribution in [1.82, 2.24) is 14.7 Å². The van der Waals surface area contributed by atoms with Crippen LogP contribution in [0.5, 0.6) is 0 Å². The van der Waals surface area contributed by atoms with E-state index in [0.29, 0.717) is 13.1 Å². The van der Waals surface area contributed by atoms with Gasteiger partial charge < -0.3 is 26.0 Å². The van der Waals surface area contributed by atoms with Gasteiger partial charge in [0.15, 0.2) is 0 Å². The number of carbonyl (C=O) groups excluding carboxylic acids is 2. The summed E-state index contributed by atoms with van der Waals surface area (Å²) in [6, 6.07) is 17.9. The monoisotopic (exact) mass is 585 g/mol. The third-order valence-electron chi connectivity index (χ3n) is 7.16. The van der Waals surface area contributed by atoms with E-state index >= 15 is 0 Å². The first-order valence-corrected chi connectivity index (χ1v) is 14.4. The lowest BCUT2D eigenvalue weighted by Gasteiger charge is -2.40. The number of carbonyl (C=O) groups is 3. The molecular weight excluding hydrogens is 538 g/mol. The molecule has 2 rings (SSSR count). The van der Waals surface area contributed by atoms with Gasteiger partial charge in [-0.1, -0.05) is 74.5 Å². The Morgan fingerprint density at radius 3 is 1.57 bits per heavy atom. The van der Waals surface area contributed by atoms with Crippen LogP contribution in [0.15, 0.2) is 60.7 Å². The van der Waals surface area contributed by atoms with Crippen LogP contribution in [0.1, 0.15) is 45.2 Å². The van der Waals surface area contributed by atoms with Crippen molar-refractivity contribution in [2.45, 2.75) is 71.9 Å². The van der Waals surface area contributed by atoms with Crippen molar-refractivity contribution < 1.29 is 29.0 Å². The predicted molar refractivity (Wildman–Crippen MR) is 161 cm³/mol. The zero-order chi connectivity index (χ0) is 31.1. The first-order chi connectivity index (χ1) is 20.1. The van der Waals surface area contributed by atoms with Gasteiger partial charge in [0.2, 0.25) is 11.8 Å². The maximum Gasteiger partial charge on any atom is 0.317 e. The smallest absolute Gasteiger partial charge is 0.317 e. The van der Waals surface area contributed by atoms with Crippen molar-refractivity contribution in [1.29, 1.82) is 0 Å². The van der Waals surface area contributed by atoms with E-state index in [-0.39, 0.29) is 32.8 Å². The molecule has 0 fully saturated rings. The van der Waals surface area contributed by atoms with Crippen LogP contribution in [0.4, 0.5) is 0 Å². The van der Waals surface area contributed by atoms with E-state index < -0.39 is 42.3 Å². The van der Waals surface area contributed by atoms with Crippen LogP contribution in [0.3, 0.4) is 0 Å². The van der Waals surface area contributed by atoms with E-state index in [9.17, 15) is 19.5 Å². The van der Waals surface area contributed by atoms with E-state index in [1.165, 1.54) is 0 Å². The SMILES string of the molecule is CCCN(C(CN(CC(=O)O)CC(OCc1ccccc1)N(CC)C(C)C(N)=O)OCc1ccccc1)C(C)C(N)=O. The van der Waals surface area contributed by atoms with Crippen LogP contribution in [-0.2, 0) is 37.1 Å². The minimum Gasteiger partial charge on any atom is -0.480 e. The third kappa shape index (κ3) is 11.5. The van der Waals surface area contributed by atoms with Crippen LogP contribution >= 0.6 is 0 Å². The fourth-order valence-corrected chi connectivity index (χ4v) is 4.78. The second kappa shape index (κ2) is 18.2. The highest BCUT2D eigenvalue weighted by Gasteiger charge is 2.33. The Bertz CT molecular complexity index is 1090. The van der Waals surface area contributed by atoms with Crippen molar-refractivity contribution in [3.63, 3.8) is 0 Å². The van der Waals surface area contributed by atoms with E-state index in [0.717, 1.165) is 17.5 Å². The van der Waals surface area contributed by atoms with Crippen molar-refractivity contribution in [2.24, 2.45) is 11.5 Å². The molecule has 11 nitrogen and oxygen atoms in total. The highest BCUT2D eigenvalue weighted by Crippen LogP contribution is 2.17. The molecule has 0 saturated carbocycles. The molecule has 0 bridgehead atoms. The number of carboxylic acid groups (broad SMARTS) is 1. The van der Waals surface area contributed by atoms with E-state index in [2.05, 4.69) is 0 Å². The number of hydrogen-bond donors (Lipinski definition) is 3. The third-order valence-corrected chi connectivity index (χ3v) is 7.16. The Hall–Kier alpha value is -3.35. The summed E-state index contributed by atoms with van der Waals surface area (Å²) < 4.78 is 12.7. The number of nitrogens with zero attached hydrogens (tertiary/aromatic N) is 3. The summed E-state index contributed by atoms with van der Waals surface area (Å²) in [4.78, 5) is 41.9. The van der Waals surface area contributed by atoms with E-state index in [1.54, 1.807) is 18.7 Å². The van der Waals surface area contributed by atoms with Gasteiger partial charge in [-0.25, -0.2) is 0 Å². The molecule has 0 radical (unpaired) electrons. The summed E-state index contributed by atoms with van der Waals surface area (Å²) in [6.07, 6.45) is -0.602. The molecule has 0 aliphatic heterocycles. The highest BCUT2D eigenvalue weighted by molar-refractivity contribution is 5.79. The van der Waals surface area contributed by atoms with Crippen molar-refractivity contribution in [2.75, 3.05) is 32.7 Å². The number of rotatable bonds is 21. The van der Waals surface area contributed by atoms with E-state index in [1.807, 2.05) is 84.3 Å². The molecule has 42 heavy (non-hydrogen) atoms. The van der Waals surface area contributed by atoms with Gasteiger partial charge in [-0.3, -0.25) is 29.1 Å². The zero-order valence-corrected chi connectivity index (χ0v) is 25.2. The predicted octanol–water partition coefficient (Wildman–Crippen LogP) is 2.24. The Kier molecular flexibility index (Phi) is 15.1. The van der Waals surface area contributed by atoms with Crippen LogP contribution in [0, 0.1) is 0 Å². The van der Waals surface area contributed by atoms with Crippen molar-refractivity contribution in [3.8, 4) is 0 Å². The minimum atomic E-state index is -1.03. The van der Waals surface area contributed by atoms with Gasteiger partial charge in [0.25, 0.3) is 0 Å². The minimum absolute atomic E-state index is 0.140. The molecule has 2 aromatic rings. The largest absolute Gasteiger partial charge is 0.480 e. The molecule has 0 spiro atoms. The summed E-state index contributed by atoms with van der Waals surface area (Å²) in [5.74, 6) is -2.05. The molecule has 2 amide bonds. The van der Waals surface area contributed by atoms with Crippen LogP contribution in [0.25, 0.3) is 0 Å². The molecular formula is C31H47N5O6. The standard InChI is InChI=1S/C31H47N5O6/c1-5-17-36(24(4)31(33)40)28(42-22-26-15-11-8-12-16-26)19-34(20-29(37)38)18-27(35(6-2)23(3)30(32)39)41-21-25-13-9-7-10-14-25/h7-16,23-24,27-28H,5-6,17-22H2,1-4H3,(H2,32,39)(H2,33,40)(H,37,38). The fraction of sp³-hybridized carbons (Fsp3) is 0.516. The number of nitrogens with two attached hydrogens (primary N) is 2. The molecule has 2 aromatic carbocycles. The Morgan fingerprint density at radius 1 is 0.762 bits per heavy atom. The topological polar surface area (TPSA) is 152 Å². The maximum atomic E-state index is 12.3. The molecule has 11 heteroatoms. The average Bonchev–Trinajstić information content (AvgIpc) is 2.97. The highest BCUT2D eigenvalue weighted by atomic mass is 16.5. The Balaban J connectivity index is 2.41. The summed E-state index contributed by atoms with van der Waals surface area (Å²) >= 11 is 0. The number of ether oxygens (including phenoxy) is 2. The molecule has 0 aliphatic carbocycles. The van der Waals surface area contributed by atoms with Gasteiger partial charge in [0.1, 0.15) is 12.5 Å². The first-order valence-electron chi connectivity index (χ1n) is 14.4. The van der Waals surface area contributed by atoms with E-state index in [4.69, 9.17) is 20.9 Å². The van der Waals surface area contributed by atoms with Crippen molar-refractivity contribution >= 4 is 17.8 Å². The summed E-state index contributed by atoms with van der Waals surface area (Å²) in [6.45, 7) is 8.74. The zero-order valence-electron chi connectivity index (χ0n) is 25.2. The van der Waals surface area contributed by atoms with Gasteiger partial charge in [-0.2, -0.15) is 0 Å². The quantitative estimate of drug-likeness (QED) is 0.187. The fourth-order valence-electron chi connectivity index (χ4n) is 4.78. The second-order valence-corrected chi connectivity index (χ2v) is 10.3. The lowest BCUT2D eigenvalue weighted by atomic mass is 10.2. The molecule has 0 heterocycles. The van der Waals surface area contributed by atoms with Crippen molar-refractivity contribution in [3.05, 3.63) is 71.8 Å². The maximum absolute atomic E-state index is 12.3. The van der Waals surface area contributed by atoms with Gasteiger partial charge >= 0.3 is 5.97 Å². The Labute approximate surface area is 249 Å². The first kappa shape index (κ1) is 34.8. The summed E-state index contributed by atoms with van der Waals surface area (Å²) in [5, 5.41) is 9.86. The molecule has 0 aliphatic rings. The number of primary amides is 2. The summed E-state index contributed by atoms with van der Waals surface area (Å²) in [7, 11) is 0. The van der Waals surface area contributed by atoms with Crippen LogP contribution in [0.2, 0.25) is 0 Å². The normalized spacial score (nSPS) is 14.5. The van der Waals surface area contributed by atoms with Gasteiger partial charge in [-0.15, -0.1) is 0 Å². The molecule has 0 aromatic heterocycles. The number of aliphatic carboxylic acids is 1. The average molecular weight is 586 g/mol. The summed E-state index contributed by atoms with van der Waals surface area (Å²) in [5.41, 5.74) is 13.2.